The highest BCUT2D eigenvalue weighted by Crippen LogP contribution is 2.22. The Kier molecular flexibility index (Phi) is 6.14. The van der Waals surface area contributed by atoms with E-state index in [1.54, 1.807) is 0 Å². The minimum atomic E-state index is -0.166. The summed E-state index contributed by atoms with van der Waals surface area (Å²) in [5.74, 6) is 0.977. The number of amides is 1. The van der Waals surface area contributed by atoms with Crippen molar-refractivity contribution in [3.05, 3.63) is 82.7 Å². The fourth-order valence-electron chi connectivity index (χ4n) is 3.51. The first kappa shape index (κ1) is 20.2. The standard InChI is InChI=1S/C23H23ClN4O2/c1-15(17-6-2-4-8-19(17)24)26-21(29)11-13-23-28-27-22(30-23)12-10-16-14-25-20-9-5-3-7-18(16)20/h2-9,14-15,25H,10-13H2,1H3,(H,26,29)/t15-/m1/s1. The third-order valence-electron chi connectivity index (χ3n) is 5.11. The summed E-state index contributed by atoms with van der Waals surface area (Å²) < 4.78 is 5.72. The molecule has 0 saturated heterocycles. The molecule has 0 aliphatic rings. The van der Waals surface area contributed by atoms with E-state index in [0.29, 0.717) is 29.6 Å². The van der Waals surface area contributed by atoms with Crippen LogP contribution in [0.15, 0.2) is 59.1 Å². The second-order valence-corrected chi connectivity index (χ2v) is 7.67. The first-order chi connectivity index (χ1) is 14.6. The van der Waals surface area contributed by atoms with Crippen LogP contribution in [0.1, 0.15) is 42.3 Å². The number of H-pyrrole nitrogens is 1. The fourth-order valence-corrected chi connectivity index (χ4v) is 3.81. The Balaban J connectivity index is 1.27. The number of halogens is 1. The van der Waals surface area contributed by atoms with Crippen LogP contribution in [0.4, 0.5) is 0 Å². The lowest BCUT2D eigenvalue weighted by Gasteiger charge is -2.15. The topological polar surface area (TPSA) is 83.8 Å². The summed E-state index contributed by atoms with van der Waals surface area (Å²) >= 11 is 6.19. The first-order valence-electron chi connectivity index (χ1n) is 10.00. The number of nitrogens with zero attached hydrogens (tertiary/aromatic N) is 2. The number of nitrogens with one attached hydrogen (secondary N) is 2. The molecular formula is C23H23ClN4O2. The Bertz CT molecular complexity index is 1150. The lowest BCUT2D eigenvalue weighted by Crippen LogP contribution is -2.27. The number of hydrogen-bond acceptors (Lipinski definition) is 4. The second-order valence-electron chi connectivity index (χ2n) is 7.26. The number of para-hydroxylation sites is 1. The summed E-state index contributed by atoms with van der Waals surface area (Å²) in [4.78, 5) is 15.6. The first-order valence-corrected chi connectivity index (χ1v) is 10.4. The van der Waals surface area contributed by atoms with Gasteiger partial charge in [0, 0.05) is 41.4 Å². The molecule has 0 fully saturated rings. The van der Waals surface area contributed by atoms with Crippen molar-refractivity contribution in [2.24, 2.45) is 0 Å². The van der Waals surface area contributed by atoms with E-state index >= 15 is 0 Å². The molecular weight excluding hydrogens is 400 g/mol. The molecule has 0 aliphatic carbocycles. The molecule has 0 radical (unpaired) electrons. The van der Waals surface area contributed by atoms with Gasteiger partial charge < -0.3 is 14.7 Å². The fraction of sp³-hybridized carbons (Fsp3) is 0.261. The summed E-state index contributed by atoms with van der Waals surface area (Å²) in [7, 11) is 0. The van der Waals surface area contributed by atoms with Gasteiger partial charge >= 0.3 is 0 Å². The van der Waals surface area contributed by atoms with Crippen LogP contribution >= 0.6 is 11.6 Å². The van der Waals surface area contributed by atoms with Crippen LogP contribution < -0.4 is 5.32 Å². The van der Waals surface area contributed by atoms with Gasteiger partial charge in [-0.3, -0.25) is 4.79 Å². The van der Waals surface area contributed by atoms with Gasteiger partial charge in [-0.05, 0) is 36.6 Å². The van der Waals surface area contributed by atoms with Crippen LogP contribution in [0.2, 0.25) is 5.02 Å². The van der Waals surface area contributed by atoms with E-state index in [1.807, 2.05) is 49.5 Å². The molecule has 6 nitrogen and oxygen atoms in total. The van der Waals surface area contributed by atoms with Crippen molar-refractivity contribution in [1.29, 1.82) is 0 Å². The summed E-state index contributed by atoms with van der Waals surface area (Å²) in [6, 6.07) is 15.5. The van der Waals surface area contributed by atoms with E-state index in [2.05, 4.69) is 32.6 Å². The highest BCUT2D eigenvalue weighted by molar-refractivity contribution is 6.31. The number of carbonyl (C=O) groups excluding carboxylic acids is 1. The number of aryl methyl sites for hydroxylation is 3. The maximum Gasteiger partial charge on any atom is 0.220 e. The number of rotatable bonds is 8. The molecule has 7 heteroatoms. The van der Waals surface area contributed by atoms with Gasteiger partial charge in [0.15, 0.2) is 0 Å². The van der Waals surface area contributed by atoms with Crippen LogP contribution in [0.5, 0.6) is 0 Å². The smallest absolute Gasteiger partial charge is 0.220 e. The molecule has 2 heterocycles. The molecule has 0 aliphatic heterocycles. The molecule has 2 aromatic heterocycles. The molecule has 30 heavy (non-hydrogen) atoms. The van der Waals surface area contributed by atoms with E-state index in [9.17, 15) is 4.79 Å². The Morgan fingerprint density at radius 3 is 2.63 bits per heavy atom. The van der Waals surface area contributed by atoms with Gasteiger partial charge in [0.2, 0.25) is 17.7 Å². The Morgan fingerprint density at radius 2 is 1.80 bits per heavy atom. The van der Waals surface area contributed by atoms with E-state index < -0.39 is 0 Å². The molecule has 0 spiro atoms. The van der Waals surface area contributed by atoms with Gasteiger partial charge in [0.05, 0.1) is 6.04 Å². The van der Waals surface area contributed by atoms with Crippen molar-refractivity contribution in [2.45, 2.75) is 38.6 Å². The van der Waals surface area contributed by atoms with Gasteiger partial charge in [-0.1, -0.05) is 48.0 Å². The zero-order valence-corrected chi connectivity index (χ0v) is 17.4. The number of fused-ring (bicyclic) bond motifs is 1. The van der Waals surface area contributed by atoms with Crippen molar-refractivity contribution >= 4 is 28.4 Å². The van der Waals surface area contributed by atoms with Crippen molar-refractivity contribution < 1.29 is 9.21 Å². The summed E-state index contributed by atoms with van der Waals surface area (Å²) in [6.07, 6.45) is 4.17. The van der Waals surface area contributed by atoms with Crippen molar-refractivity contribution in [3.63, 3.8) is 0 Å². The molecule has 2 N–H and O–H groups in total. The molecule has 4 aromatic rings. The molecule has 2 aromatic carbocycles. The average Bonchev–Trinajstić information content (AvgIpc) is 3.38. The van der Waals surface area contributed by atoms with E-state index in [0.717, 1.165) is 17.5 Å². The molecule has 4 rings (SSSR count). The SMILES string of the molecule is C[C@@H](NC(=O)CCc1nnc(CCc2c[nH]c3ccccc23)o1)c1ccccc1Cl. The monoisotopic (exact) mass is 422 g/mol. The number of hydrogen-bond donors (Lipinski definition) is 2. The lowest BCUT2D eigenvalue weighted by molar-refractivity contribution is -0.121. The normalized spacial score (nSPS) is 12.2. The van der Waals surface area contributed by atoms with Crippen molar-refractivity contribution in [2.75, 3.05) is 0 Å². The maximum atomic E-state index is 12.3. The Hall–Kier alpha value is -3.12. The average molecular weight is 423 g/mol. The molecule has 1 atom stereocenters. The quantitative estimate of drug-likeness (QED) is 0.427. The van der Waals surface area contributed by atoms with Crippen LogP contribution in [0, 0.1) is 0 Å². The molecule has 0 bridgehead atoms. The predicted octanol–water partition coefficient (Wildman–Crippen LogP) is 4.80. The molecule has 154 valence electrons. The number of carbonyl (C=O) groups is 1. The van der Waals surface area contributed by atoms with E-state index in [4.69, 9.17) is 16.0 Å². The third-order valence-corrected chi connectivity index (χ3v) is 5.45. The van der Waals surface area contributed by atoms with Gasteiger partial charge in [-0.15, -0.1) is 10.2 Å². The van der Waals surface area contributed by atoms with E-state index in [1.165, 1.54) is 10.9 Å². The maximum absolute atomic E-state index is 12.3. The highest BCUT2D eigenvalue weighted by Gasteiger charge is 2.14. The predicted molar refractivity (Wildman–Crippen MR) is 116 cm³/mol. The highest BCUT2D eigenvalue weighted by atomic mass is 35.5. The minimum absolute atomic E-state index is 0.0824. The van der Waals surface area contributed by atoms with Crippen molar-refractivity contribution in [3.8, 4) is 0 Å². The van der Waals surface area contributed by atoms with Crippen LogP contribution in [0.3, 0.4) is 0 Å². The van der Waals surface area contributed by atoms with Gasteiger partial charge in [-0.2, -0.15) is 0 Å². The Labute approximate surface area is 179 Å². The Morgan fingerprint density at radius 1 is 1.07 bits per heavy atom. The van der Waals surface area contributed by atoms with E-state index in [-0.39, 0.29) is 18.4 Å². The van der Waals surface area contributed by atoms with Gasteiger partial charge in [0.1, 0.15) is 0 Å². The number of aromatic nitrogens is 3. The lowest BCUT2D eigenvalue weighted by atomic mass is 10.1. The third kappa shape index (κ3) is 4.71. The summed E-state index contributed by atoms with van der Waals surface area (Å²) in [5, 5.41) is 13.0. The molecule has 0 unspecified atom stereocenters. The van der Waals surface area contributed by atoms with Crippen LogP contribution in [-0.2, 0) is 24.1 Å². The zero-order chi connectivity index (χ0) is 20.9. The minimum Gasteiger partial charge on any atom is -0.425 e. The number of aromatic amines is 1. The largest absolute Gasteiger partial charge is 0.425 e. The number of benzene rings is 2. The summed E-state index contributed by atoms with van der Waals surface area (Å²) in [6.45, 7) is 1.91. The van der Waals surface area contributed by atoms with Crippen LogP contribution in [-0.4, -0.2) is 21.1 Å². The zero-order valence-electron chi connectivity index (χ0n) is 16.7. The summed E-state index contributed by atoms with van der Waals surface area (Å²) in [5.41, 5.74) is 3.24. The molecule has 1 amide bonds. The van der Waals surface area contributed by atoms with Gasteiger partial charge in [-0.25, -0.2) is 0 Å². The second kappa shape index (κ2) is 9.13. The van der Waals surface area contributed by atoms with Gasteiger partial charge in [0.25, 0.3) is 0 Å². The van der Waals surface area contributed by atoms with Crippen LogP contribution in [0.25, 0.3) is 10.9 Å². The molecule has 0 saturated carbocycles. The van der Waals surface area contributed by atoms with Crippen molar-refractivity contribution in [1.82, 2.24) is 20.5 Å².